The molecule has 0 saturated carbocycles. The van der Waals surface area contributed by atoms with Gasteiger partial charge in [0.05, 0.1) is 41.1 Å². The van der Waals surface area contributed by atoms with Gasteiger partial charge in [0, 0.05) is 24.0 Å². The summed E-state index contributed by atoms with van der Waals surface area (Å²) >= 11 is 0. The Hall–Kier alpha value is -4.65. The fraction of sp³-hybridized carbons (Fsp3) is 0.185. The van der Waals surface area contributed by atoms with Gasteiger partial charge in [-0.3, -0.25) is 9.88 Å². The van der Waals surface area contributed by atoms with Gasteiger partial charge in [0.2, 0.25) is 0 Å². The lowest BCUT2D eigenvalue weighted by molar-refractivity contribution is -0.139. The van der Waals surface area contributed by atoms with Gasteiger partial charge in [-0.1, -0.05) is 24.3 Å². The normalized spacial score (nSPS) is 15.7. The Balaban J connectivity index is 1.71. The quantitative estimate of drug-likeness (QED) is 0.458. The largest absolute Gasteiger partial charge is 0.462 e. The maximum Gasteiger partial charge on any atom is 0.416 e. The number of nitrogens with zero attached hydrogens (tertiary/aromatic N) is 3. The van der Waals surface area contributed by atoms with E-state index in [0.717, 1.165) is 17.0 Å². The number of pyridine rings is 1. The van der Waals surface area contributed by atoms with Gasteiger partial charge in [-0.05, 0) is 55.0 Å². The zero-order valence-corrected chi connectivity index (χ0v) is 19.6. The third-order valence-electron chi connectivity index (χ3n) is 5.83. The summed E-state index contributed by atoms with van der Waals surface area (Å²) in [6.45, 7) is 1.48. The zero-order valence-electron chi connectivity index (χ0n) is 19.6. The molecular weight excluding hydrogens is 485 g/mol. The smallest absolute Gasteiger partial charge is 0.416 e. The second-order valence-corrected chi connectivity index (χ2v) is 8.21. The van der Waals surface area contributed by atoms with Crippen molar-refractivity contribution in [2.45, 2.75) is 25.6 Å². The molecule has 1 atom stereocenters. The number of alkyl halides is 3. The molecule has 2 amide bonds. The summed E-state index contributed by atoms with van der Waals surface area (Å²) < 4.78 is 45.5. The number of carbonyl (C=O) groups excluding carboxylic acids is 2. The molecule has 0 spiro atoms. The van der Waals surface area contributed by atoms with Crippen LogP contribution in [0.15, 0.2) is 84.2 Å². The summed E-state index contributed by atoms with van der Waals surface area (Å²) in [4.78, 5) is 31.6. The van der Waals surface area contributed by atoms with E-state index in [0.29, 0.717) is 23.2 Å². The van der Waals surface area contributed by atoms with Crippen LogP contribution in [0.4, 0.5) is 23.7 Å². The van der Waals surface area contributed by atoms with Crippen LogP contribution in [0.3, 0.4) is 0 Å². The highest BCUT2D eigenvalue weighted by atomic mass is 19.4. The van der Waals surface area contributed by atoms with Crippen LogP contribution < -0.4 is 10.2 Å². The minimum atomic E-state index is -4.61. The van der Waals surface area contributed by atoms with Crippen LogP contribution in [-0.4, -0.2) is 23.6 Å². The molecule has 4 rings (SSSR count). The molecule has 3 aromatic rings. The fourth-order valence-corrected chi connectivity index (χ4v) is 4.01. The molecule has 1 N–H and O–H groups in total. The van der Waals surface area contributed by atoms with Crippen LogP contribution in [0.1, 0.15) is 35.3 Å². The van der Waals surface area contributed by atoms with Crippen molar-refractivity contribution < 1.29 is 27.5 Å². The van der Waals surface area contributed by atoms with Gasteiger partial charge in [-0.15, -0.1) is 0 Å². The molecule has 2 heterocycles. The van der Waals surface area contributed by atoms with Crippen molar-refractivity contribution in [2.24, 2.45) is 0 Å². The highest BCUT2D eigenvalue weighted by Crippen LogP contribution is 2.37. The first-order valence-corrected chi connectivity index (χ1v) is 11.2. The van der Waals surface area contributed by atoms with Crippen molar-refractivity contribution in [2.75, 3.05) is 11.5 Å². The molecule has 1 unspecified atom stereocenters. The van der Waals surface area contributed by atoms with E-state index in [1.165, 1.54) is 19.1 Å². The number of rotatable bonds is 6. The number of urea groups is 1. The van der Waals surface area contributed by atoms with E-state index < -0.39 is 29.8 Å². The van der Waals surface area contributed by atoms with Crippen molar-refractivity contribution in [3.63, 3.8) is 0 Å². The van der Waals surface area contributed by atoms with Crippen LogP contribution >= 0.6 is 0 Å². The highest BCUT2D eigenvalue weighted by molar-refractivity contribution is 6.03. The Morgan fingerprint density at radius 3 is 2.54 bits per heavy atom. The Bertz CT molecular complexity index is 1380. The maximum atomic E-state index is 13.3. The Morgan fingerprint density at radius 2 is 1.89 bits per heavy atom. The molecule has 0 radical (unpaired) electrons. The van der Waals surface area contributed by atoms with Crippen LogP contribution in [0, 0.1) is 11.3 Å². The van der Waals surface area contributed by atoms with E-state index >= 15 is 0 Å². The van der Waals surface area contributed by atoms with Crippen LogP contribution in [0.5, 0.6) is 0 Å². The first kappa shape index (κ1) is 25.4. The minimum absolute atomic E-state index is 0.00419. The topological polar surface area (TPSA) is 95.3 Å². The monoisotopic (exact) mass is 506 g/mol. The number of hydrogen-bond acceptors (Lipinski definition) is 5. The van der Waals surface area contributed by atoms with Gasteiger partial charge in [0.25, 0.3) is 0 Å². The summed E-state index contributed by atoms with van der Waals surface area (Å²) in [5.74, 6) is -0.736. The van der Waals surface area contributed by atoms with E-state index in [1.54, 1.807) is 48.7 Å². The lowest BCUT2D eigenvalue weighted by Gasteiger charge is -2.35. The van der Waals surface area contributed by atoms with Crippen LogP contribution in [-0.2, 0) is 22.1 Å². The predicted molar refractivity (Wildman–Crippen MR) is 128 cm³/mol. The highest BCUT2D eigenvalue weighted by Gasteiger charge is 2.38. The number of aromatic nitrogens is 1. The molecule has 0 fully saturated rings. The Morgan fingerprint density at radius 1 is 1.14 bits per heavy atom. The summed E-state index contributed by atoms with van der Waals surface area (Å²) in [7, 11) is 0. The van der Waals surface area contributed by atoms with Gasteiger partial charge in [-0.2, -0.15) is 18.4 Å². The van der Waals surface area contributed by atoms with Crippen LogP contribution in [0.2, 0.25) is 0 Å². The molecule has 0 saturated heterocycles. The van der Waals surface area contributed by atoms with Crippen molar-refractivity contribution in [3.8, 4) is 6.07 Å². The average Bonchev–Trinajstić information content (AvgIpc) is 2.88. The number of halogens is 3. The predicted octanol–water partition coefficient (Wildman–Crippen LogP) is 5.30. The number of amides is 2. The number of anilines is 1. The number of carbonyl (C=O) groups is 2. The van der Waals surface area contributed by atoms with Gasteiger partial charge in [0.1, 0.15) is 0 Å². The molecule has 10 heteroatoms. The van der Waals surface area contributed by atoms with Crippen molar-refractivity contribution in [1.82, 2.24) is 10.3 Å². The molecule has 1 aromatic heterocycles. The zero-order chi connectivity index (χ0) is 26.6. The standard InChI is InChI=1S/C27H21F3N4O3/c1-17-23(25(35)37-14-12-21-6-2-3-13-32-21)24(19-10-8-18(16-31)9-11-19)33-26(36)34(17)22-7-4-5-20(15-22)27(28,29)30/h2-11,13,15,24H,12,14H2,1H3,(H,33,36). The first-order valence-electron chi connectivity index (χ1n) is 11.2. The molecular formula is C27H21F3N4O3. The number of hydrogen-bond donors (Lipinski definition) is 1. The lowest BCUT2D eigenvalue weighted by atomic mass is 9.94. The van der Waals surface area contributed by atoms with E-state index in [-0.39, 0.29) is 23.6 Å². The number of esters is 1. The van der Waals surface area contributed by atoms with Crippen molar-refractivity contribution in [3.05, 3.63) is 107 Å². The minimum Gasteiger partial charge on any atom is -0.462 e. The van der Waals surface area contributed by atoms with E-state index in [4.69, 9.17) is 10.00 Å². The van der Waals surface area contributed by atoms with Crippen LogP contribution in [0.25, 0.3) is 0 Å². The van der Waals surface area contributed by atoms with E-state index in [9.17, 15) is 22.8 Å². The van der Waals surface area contributed by atoms with Gasteiger partial charge < -0.3 is 10.1 Å². The second-order valence-electron chi connectivity index (χ2n) is 8.21. The molecule has 37 heavy (non-hydrogen) atoms. The third-order valence-corrected chi connectivity index (χ3v) is 5.83. The Kier molecular flexibility index (Phi) is 7.25. The van der Waals surface area contributed by atoms with Gasteiger partial charge in [-0.25, -0.2) is 9.59 Å². The molecule has 1 aliphatic rings. The van der Waals surface area contributed by atoms with Crippen molar-refractivity contribution in [1.29, 1.82) is 5.26 Å². The number of benzene rings is 2. The molecule has 7 nitrogen and oxygen atoms in total. The van der Waals surface area contributed by atoms with Gasteiger partial charge in [0.15, 0.2) is 0 Å². The van der Waals surface area contributed by atoms with E-state index in [1.807, 2.05) is 6.07 Å². The summed E-state index contributed by atoms with van der Waals surface area (Å²) in [5.41, 5.74) is 0.806. The third kappa shape index (κ3) is 5.62. The maximum absolute atomic E-state index is 13.3. The first-order chi connectivity index (χ1) is 17.7. The molecule has 0 bridgehead atoms. The molecule has 2 aromatic carbocycles. The SMILES string of the molecule is CC1=C(C(=O)OCCc2ccccn2)C(c2ccc(C#N)cc2)NC(=O)N1c1cccc(C(F)(F)F)c1. The lowest BCUT2D eigenvalue weighted by Crippen LogP contribution is -2.48. The fourth-order valence-electron chi connectivity index (χ4n) is 4.01. The van der Waals surface area contributed by atoms with Gasteiger partial charge >= 0.3 is 18.2 Å². The summed E-state index contributed by atoms with van der Waals surface area (Å²) in [5, 5.41) is 11.8. The van der Waals surface area contributed by atoms with Crippen molar-refractivity contribution >= 4 is 17.7 Å². The summed E-state index contributed by atoms with van der Waals surface area (Å²) in [6, 6.07) is 16.3. The average molecular weight is 506 g/mol. The second kappa shape index (κ2) is 10.5. The molecule has 188 valence electrons. The van der Waals surface area contributed by atoms with E-state index in [2.05, 4.69) is 10.3 Å². The number of nitriles is 1. The number of nitrogens with one attached hydrogen (secondary N) is 1. The Labute approximate surface area is 210 Å². The molecule has 1 aliphatic heterocycles. The summed E-state index contributed by atoms with van der Waals surface area (Å²) in [6.07, 6.45) is -2.64. The molecule has 0 aliphatic carbocycles. The number of allylic oxidation sites excluding steroid dienone is 1. The number of ether oxygens (including phenoxy) is 1.